The van der Waals surface area contributed by atoms with Crippen LogP contribution in [0.1, 0.15) is 18.4 Å². The highest BCUT2D eigenvalue weighted by molar-refractivity contribution is 5.94. The molecule has 1 N–H and O–H groups in total. The van der Waals surface area contributed by atoms with Crippen LogP contribution in [0.25, 0.3) is 22.0 Å². The smallest absolute Gasteiger partial charge is 0.131 e. The first-order valence-corrected chi connectivity index (χ1v) is 9.06. The van der Waals surface area contributed by atoms with Gasteiger partial charge in [-0.2, -0.15) is 0 Å². The lowest BCUT2D eigenvalue weighted by molar-refractivity contribution is 0.264. The van der Waals surface area contributed by atoms with Crippen molar-refractivity contribution in [3.05, 3.63) is 54.2 Å². The lowest BCUT2D eigenvalue weighted by Gasteiger charge is -2.30. The van der Waals surface area contributed by atoms with Gasteiger partial charge >= 0.3 is 0 Å². The average Bonchev–Trinajstić information content (AvgIpc) is 2.63. The van der Waals surface area contributed by atoms with Crippen molar-refractivity contribution in [2.45, 2.75) is 25.8 Å². The number of benzene rings is 2. The number of halogens is 1. The Kier molecular flexibility index (Phi) is 4.55. The van der Waals surface area contributed by atoms with Gasteiger partial charge in [-0.1, -0.05) is 12.1 Å². The van der Waals surface area contributed by atoms with Crippen LogP contribution in [-0.4, -0.2) is 41.0 Å². The van der Waals surface area contributed by atoms with Crippen molar-refractivity contribution in [1.29, 1.82) is 0 Å². The van der Waals surface area contributed by atoms with Gasteiger partial charge in [-0.3, -0.25) is 0 Å². The maximum atomic E-state index is 14.5. The summed E-state index contributed by atoms with van der Waals surface area (Å²) in [6.07, 6.45) is 5.54. The Morgan fingerprint density at radius 1 is 1.19 bits per heavy atom. The molecule has 4 nitrogen and oxygen atoms in total. The molecule has 134 valence electrons. The number of rotatable bonds is 3. The van der Waals surface area contributed by atoms with Crippen LogP contribution >= 0.6 is 0 Å². The highest BCUT2D eigenvalue weighted by atomic mass is 19.1. The molecule has 5 heteroatoms. The van der Waals surface area contributed by atoms with Gasteiger partial charge in [0.15, 0.2) is 0 Å². The molecule has 26 heavy (non-hydrogen) atoms. The van der Waals surface area contributed by atoms with E-state index in [0.717, 1.165) is 53.6 Å². The third-order valence-corrected chi connectivity index (χ3v) is 5.20. The Labute approximate surface area is 153 Å². The van der Waals surface area contributed by atoms with Crippen LogP contribution < -0.4 is 5.32 Å². The molecule has 0 atom stereocenters. The van der Waals surface area contributed by atoms with E-state index in [1.807, 2.05) is 25.1 Å². The van der Waals surface area contributed by atoms with Gasteiger partial charge in [-0.25, -0.2) is 14.4 Å². The maximum Gasteiger partial charge on any atom is 0.131 e. The topological polar surface area (TPSA) is 41.0 Å². The van der Waals surface area contributed by atoms with Gasteiger partial charge < -0.3 is 10.2 Å². The number of piperidine rings is 1. The molecular weight excluding hydrogens is 327 g/mol. The lowest BCUT2D eigenvalue weighted by Crippen LogP contribution is -2.36. The van der Waals surface area contributed by atoms with E-state index < -0.39 is 0 Å². The monoisotopic (exact) mass is 350 g/mol. The van der Waals surface area contributed by atoms with E-state index in [9.17, 15) is 4.39 Å². The Hall–Kier alpha value is -2.53. The van der Waals surface area contributed by atoms with Crippen LogP contribution in [0.15, 0.2) is 42.9 Å². The van der Waals surface area contributed by atoms with E-state index in [0.29, 0.717) is 11.6 Å². The molecule has 0 radical (unpaired) electrons. The second-order valence-corrected chi connectivity index (χ2v) is 7.14. The Morgan fingerprint density at radius 2 is 2.00 bits per heavy atom. The minimum absolute atomic E-state index is 0.202. The molecule has 1 saturated heterocycles. The first-order valence-electron chi connectivity index (χ1n) is 9.06. The predicted octanol–water partition coefficient (Wildman–Crippen LogP) is 4.25. The third kappa shape index (κ3) is 3.27. The zero-order valence-electron chi connectivity index (χ0n) is 15.2. The molecule has 1 fully saturated rings. The van der Waals surface area contributed by atoms with Crippen molar-refractivity contribution in [2.75, 3.05) is 25.5 Å². The summed E-state index contributed by atoms with van der Waals surface area (Å²) >= 11 is 0. The molecular formula is C21H23FN4. The molecule has 0 unspecified atom stereocenters. The minimum atomic E-state index is -0.202. The van der Waals surface area contributed by atoms with E-state index in [1.54, 1.807) is 18.6 Å². The van der Waals surface area contributed by atoms with Gasteiger partial charge in [0, 0.05) is 23.2 Å². The standard InChI is InChI=1S/C21H23FN4/c1-14-4-3-5-18(22)20(14)15-10-16-12-23-13-24-21(16)19(11-15)25-17-6-8-26(2)9-7-17/h3-5,10-13,17,25H,6-9H2,1-2H3. The van der Waals surface area contributed by atoms with Gasteiger partial charge in [0.05, 0.1) is 11.2 Å². The minimum Gasteiger partial charge on any atom is -0.380 e. The van der Waals surface area contributed by atoms with Crippen LogP contribution in [-0.2, 0) is 0 Å². The van der Waals surface area contributed by atoms with Crippen molar-refractivity contribution in [2.24, 2.45) is 0 Å². The van der Waals surface area contributed by atoms with E-state index in [2.05, 4.69) is 27.2 Å². The summed E-state index contributed by atoms with van der Waals surface area (Å²) in [5.74, 6) is -0.202. The number of aryl methyl sites for hydroxylation is 1. The summed E-state index contributed by atoms with van der Waals surface area (Å²) in [4.78, 5) is 11.0. The third-order valence-electron chi connectivity index (χ3n) is 5.20. The lowest BCUT2D eigenvalue weighted by atomic mass is 9.97. The van der Waals surface area contributed by atoms with Crippen molar-refractivity contribution in [1.82, 2.24) is 14.9 Å². The fourth-order valence-electron chi connectivity index (χ4n) is 3.73. The zero-order valence-corrected chi connectivity index (χ0v) is 15.2. The molecule has 4 rings (SSSR count). The molecule has 0 aliphatic carbocycles. The summed E-state index contributed by atoms with van der Waals surface area (Å²) in [6.45, 7) is 4.10. The molecule has 2 heterocycles. The molecule has 3 aromatic rings. The van der Waals surface area contributed by atoms with E-state index >= 15 is 0 Å². The van der Waals surface area contributed by atoms with Crippen LogP contribution in [0.3, 0.4) is 0 Å². The normalized spacial score (nSPS) is 16.1. The molecule has 2 aromatic carbocycles. The second kappa shape index (κ2) is 7.00. The predicted molar refractivity (Wildman–Crippen MR) is 104 cm³/mol. The molecule has 1 aliphatic rings. The van der Waals surface area contributed by atoms with Gasteiger partial charge in [0.25, 0.3) is 0 Å². The summed E-state index contributed by atoms with van der Waals surface area (Å²) in [5.41, 5.74) is 4.27. The number of hydrogen-bond donors (Lipinski definition) is 1. The number of hydrogen-bond acceptors (Lipinski definition) is 4. The van der Waals surface area contributed by atoms with Crippen molar-refractivity contribution >= 4 is 16.6 Å². The number of aromatic nitrogens is 2. The SMILES string of the molecule is Cc1cccc(F)c1-c1cc(NC2CCN(C)CC2)c2ncncc2c1. The van der Waals surface area contributed by atoms with Crippen LogP contribution in [0, 0.1) is 12.7 Å². The number of anilines is 1. The molecule has 0 spiro atoms. The fourth-order valence-corrected chi connectivity index (χ4v) is 3.73. The van der Waals surface area contributed by atoms with E-state index in [-0.39, 0.29) is 5.82 Å². The summed E-state index contributed by atoms with van der Waals surface area (Å²) < 4.78 is 14.5. The largest absolute Gasteiger partial charge is 0.380 e. The highest BCUT2D eigenvalue weighted by Gasteiger charge is 2.19. The van der Waals surface area contributed by atoms with Gasteiger partial charge in [0.2, 0.25) is 0 Å². The Bertz CT molecular complexity index is 912. The summed E-state index contributed by atoms with van der Waals surface area (Å²) in [7, 11) is 2.15. The molecule has 0 amide bonds. The fraction of sp³-hybridized carbons (Fsp3) is 0.333. The summed E-state index contributed by atoms with van der Waals surface area (Å²) in [5, 5.41) is 4.57. The Morgan fingerprint density at radius 3 is 2.77 bits per heavy atom. The average molecular weight is 350 g/mol. The van der Waals surface area contributed by atoms with E-state index in [1.165, 1.54) is 6.07 Å². The van der Waals surface area contributed by atoms with Gasteiger partial charge in [-0.05, 0) is 69.2 Å². The molecule has 1 aromatic heterocycles. The first kappa shape index (κ1) is 16.9. The van der Waals surface area contributed by atoms with Crippen molar-refractivity contribution < 1.29 is 4.39 Å². The first-order chi connectivity index (χ1) is 12.6. The van der Waals surface area contributed by atoms with Crippen LogP contribution in [0.4, 0.5) is 10.1 Å². The maximum absolute atomic E-state index is 14.5. The van der Waals surface area contributed by atoms with Gasteiger partial charge in [-0.15, -0.1) is 0 Å². The number of fused-ring (bicyclic) bond motifs is 1. The quantitative estimate of drug-likeness (QED) is 0.767. The second-order valence-electron chi connectivity index (χ2n) is 7.14. The molecule has 0 bridgehead atoms. The van der Waals surface area contributed by atoms with Crippen LogP contribution in [0.5, 0.6) is 0 Å². The number of nitrogens with zero attached hydrogens (tertiary/aromatic N) is 3. The van der Waals surface area contributed by atoms with E-state index in [4.69, 9.17) is 0 Å². The van der Waals surface area contributed by atoms with Crippen molar-refractivity contribution in [3.8, 4) is 11.1 Å². The number of nitrogens with one attached hydrogen (secondary N) is 1. The van der Waals surface area contributed by atoms with Crippen LogP contribution in [0.2, 0.25) is 0 Å². The van der Waals surface area contributed by atoms with Gasteiger partial charge in [0.1, 0.15) is 12.1 Å². The van der Waals surface area contributed by atoms with Crippen molar-refractivity contribution in [3.63, 3.8) is 0 Å². The Balaban J connectivity index is 1.79. The number of likely N-dealkylation sites (tertiary alicyclic amines) is 1. The molecule has 0 saturated carbocycles. The molecule has 1 aliphatic heterocycles. The highest BCUT2D eigenvalue weighted by Crippen LogP contribution is 2.33. The summed E-state index contributed by atoms with van der Waals surface area (Å²) in [6, 6.07) is 9.60. The zero-order chi connectivity index (χ0) is 18.1.